The van der Waals surface area contributed by atoms with E-state index in [9.17, 15) is 0 Å². The van der Waals surface area contributed by atoms with Gasteiger partial charge in [0.15, 0.2) is 0 Å². The number of ether oxygens (including phenoxy) is 1. The Bertz CT molecular complexity index is 220. The van der Waals surface area contributed by atoms with E-state index in [4.69, 9.17) is 4.74 Å². The van der Waals surface area contributed by atoms with Crippen LogP contribution in [0.25, 0.3) is 0 Å². The lowest BCUT2D eigenvalue weighted by molar-refractivity contribution is -0.0128. The molecule has 2 heterocycles. The number of fused-ring (bicyclic) bond motifs is 2. The van der Waals surface area contributed by atoms with Crippen LogP contribution in [0.3, 0.4) is 0 Å². The normalized spacial score (nSPS) is 35.8. The summed E-state index contributed by atoms with van der Waals surface area (Å²) in [5, 5.41) is 3.48. The molecule has 2 fully saturated rings. The van der Waals surface area contributed by atoms with Crippen LogP contribution in [0.1, 0.15) is 45.4 Å². The Kier molecular flexibility index (Phi) is 4.83. The van der Waals surface area contributed by atoms with Gasteiger partial charge in [-0.15, -0.1) is 0 Å². The third kappa shape index (κ3) is 3.01. The molecule has 0 aromatic carbocycles. The van der Waals surface area contributed by atoms with E-state index in [0.29, 0.717) is 6.04 Å². The summed E-state index contributed by atoms with van der Waals surface area (Å²) in [5.74, 6) is 0. The minimum Gasteiger partial charge on any atom is -0.385 e. The van der Waals surface area contributed by atoms with Gasteiger partial charge in [0.25, 0.3) is 0 Å². The number of nitrogens with zero attached hydrogens (tertiary/aromatic N) is 1. The van der Waals surface area contributed by atoms with Crippen molar-refractivity contribution in [1.29, 1.82) is 0 Å². The molecule has 0 radical (unpaired) electrons. The van der Waals surface area contributed by atoms with Gasteiger partial charge in [-0.05, 0) is 46.1 Å². The van der Waals surface area contributed by atoms with Crippen molar-refractivity contribution in [2.75, 3.05) is 20.8 Å². The van der Waals surface area contributed by atoms with Crippen molar-refractivity contribution >= 4 is 0 Å². The van der Waals surface area contributed by atoms with Crippen molar-refractivity contribution < 1.29 is 4.74 Å². The Labute approximate surface area is 106 Å². The van der Waals surface area contributed by atoms with E-state index in [1.54, 1.807) is 7.11 Å². The predicted molar refractivity (Wildman–Crippen MR) is 71.3 cm³/mol. The summed E-state index contributed by atoms with van der Waals surface area (Å²) in [6.07, 6.45) is 8.07. The number of piperidine rings is 2. The van der Waals surface area contributed by atoms with Gasteiger partial charge in [0.1, 0.15) is 0 Å². The second-order valence-electron chi connectivity index (χ2n) is 5.77. The highest BCUT2D eigenvalue weighted by molar-refractivity contribution is 4.96. The molecule has 2 aliphatic heterocycles. The summed E-state index contributed by atoms with van der Waals surface area (Å²) in [5.41, 5.74) is 0. The first-order chi connectivity index (χ1) is 8.26. The number of nitrogens with one attached hydrogen (secondary N) is 1. The maximum atomic E-state index is 5.23. The molecule has 0 aromatic rings. The van der Waals surface area contributed by atoms with Crippen molar-refractivity contribution in [3.05, 3.63) is 0 Å². The summed E-state index contributed by atoms with van der Waals surface area (Å²) in [7, 11) is 3.92. The summed E-state index contributed by atoms with van der Waals surface area (Å²) in [4.78, 5) is 2.80. The van der Waals surface area contributed by atoms with E-state index < -0.39 is 0 Å². The van der Waals surface area contributed by atoms with E-state index in [0.717, 1.165) is 24.7 Å². The lowest BCUT2D eigenvalue weighted by Gasteiger charge is -2.51. The fourth-order valence-corrected chi connectivity index (χ4v) is 3.81. The average Bonchev–Trinajstić information content (AvgIpc) is 2.34. The first-order valence-electron chi connectivity index (χ1n) is 7.20. The fourth-order valence-electron chi connectivity index (χ4n) is 3.81. The second kappa shape index (κ2) is 6.17. The van der Waals surface area contributed by atoms with E-state index in [1.165, 1.54) is 38.5 Å². The largest absolute Gasteiger partial charge is 0.385 e. The zero-order chi connectivity index (χ0) is 12.3. The van der Waals surface area contributed by atoms with Crippen LogP contribution in [0.2, 0.25) is 0 Å². The molecular weight excluding hydrogens is 212 g/mol. The number of methoxy groups -OCH3 is 1. The molecule has 0 saturated carbocycles. The van der Waals surface area contributed by atoms with Crippen LogP contribution in [0, 0.1) is 0 Å². The summed E-state index contributed by atoms with van der Waals surface area (Å²) in [6.45, 7) is 3.27. The van der Waals surface area contributed by atoms with E-state index in [2.05, 4.69) is 24.2 Å². The van der Waals surface area contributed by atoms with Gasteiger partial charge in [0.2, 0.25) is 0 Å². The first kappa shape index (κ1) is 13.3. The highest BCUT2D eigenvalue weighted by atomic mass is 16.5. The minimum absolute atomic E-state index is 0.683. The third-order valence-corrected chi connectivity index (χ3v) is 4.69. The molecule has 2 aliphatic rings. The Balaban J connectivity index is 1.97. The fraction of sp³-hybridized carbons (Fsp3) is 1.00. The summed E-state index contributed by atoms with van der Waals surface area (Å²) < 4.78 is 5.23. The van der Waals surface area contributed by atoms with Crippen molar-refractivity contribution in [3.63, 3.8) is 0 Å². The number of hydrogen-bond acceptors (Lipinski definition) is 3. The molecule has 3 heteroatoms. The molecular formula is C14H28N2O. The Hall–Kier alpha value is -0.120. The first-order valence-corrected chi connectivity index (χ1v) is 7.20. The van der Waals surface area contributed by atoms with Crippen LogP contribution < -0.4 is 5.32 Å². The molecule has 2 bridgehead atoms. The lowest BCUT2D eigenvalue weighted by Crippen LogP contribution is -2.58. The molecule has 100 valence electrons. The maximum Gasteiger partial charge on any atom is 0.0477 e. The number of rotatable bonds is 5. The van der Waals surface area contributed by atoms with Crippen LogP contribution >= 0.6 is 0 Å². The van der Waals surface area contributed by atoms with Crippen molar-refractivity contribution in [1.82, 2.24) is 10.2 Å². The number of hydrogen-bond donors (Lipinski definition) is 1. The molecule has 3 nitrogen and oxygen atoms in total. The Morgan fingerprint density at radius 1 is 1.29 bits per heavy atom. The van der Waals surface area contributed by atoms with Gasteiger partial charge >= 0.3 is 0 Å². The molecule has 2 rings (SSSR count). The molecule has 17 heavy (non-hydrogen) atoms. The second-order valence-corrected chi connectivity index (χ2v) is 5.77. The Morgan fingerprint density at radius 2 is 1.94 bits per heavy atom. The van der Waals surface area contributed by atoms with Crippen molar-refractivity contribution in [2.45, 2.75) is 69.6 Å². The molecule has 0 aromatic heterocycles. The molecule has 0 spiro atoms. The topological polar surface area (TPSA) is 24.5 Å². The monoisotopic (exact) mass is 240 g/mol. The summed E-state index contributed by atoms with van der Waals surface area (Å²) >= 11 is 0. The van der Waals surface area contributed by atoms with Crippen LogP contribution in [0.4, 0.5) is 0 Å². The van der Waals surface area contributed by atoms with Crippen LogP contribution in [-0.2, 0) is 4.74 Å². The maximum absolute atomic E-state index is 5.23. The van der Waals surface area contributed by atoms with Gasteiger partial charge in [-0.1, -0.05) is 6.42 Å². The molecule has 2 saturated heterocycles. The van der Waals surface area contributed by atoms with Crippen LogP contribution in [-0.4, -0.2) is 49.8 Å². The van der Waals surface area contributed by atoms with Crippen LogP contribution in [0.5, 0.6) is 0 Å². The van der Waals surface area contributed by atoms with E-state index in [-0.39, 0.29) is 0 Å². The van der Waals surface area contributed by atoms with Gasteiger partial charge < -0.3 is 10.1 Å². The van der Waals surface area contributed by atoms with Gasteiger partial charge in [-0.25, -0.2) is 0 Å². The molecule has 0 amide bonds. The zero-order valence-corrected chi connectivity index (χ0v) is 11.6. The highest BCUT2D eigenvalue weighted by Crippen LogP contribution is 2.36. The van der Waals surface area contributed by atoms with E-state index >= 15 is 0 Å². The smallest absolute Gasteiger partial charge is 0.0477 e. The van der Waals surface area contributed by atoms with Crippen molar-refractivity contribution in [3.8, 4) is 0 Å². The molecule has 3 atom stereocenters. The standard InChI is InChI=1S/C14H28N2O/c1-11(7-8-17-3)16-13-5-4-6-14(16)10-12(9-13)15-2/h11-15H,4-10H2,1-3H3. The molecule has 0 aliphatic carbocycles. The minimum atomic E-state index is 0.683. The van der Waals surface area contributed by atoms with Crippen LogP contribution in [0.15, 0.2) is 0 Å². The highest BCUT2D eigenvalue weighted by Gasteiger charge is 2.39. The lowest BCUT2D eigenvalue weighted by atomic mass is 9.80. The van der Waals surface area contributed by atoms with Crippen molar-refractivity contribution in [2.24, 2.45) is 0 Å². The SMILES string of the molecule is CNC1CC2CCCC(C1)N2C(C)CCOC. The van der Waals surface area contributed by atoms with E-state index in [1.807, 2.05) is 0 Å². The zero-order valence-electron chi connectivity index (χ0n) is 11.6. The third-order valence-electron chi connectivity index (χ3n) is 4.69. The Morgan fingerprint density at radius 3 is 2.47 bits per heavy atom. The van der Waals surface area contributed by atoms with Gasteiger partial charge in [0.05, 0.1) is 0 Å². The molecule has 1 N–H and O–H groups in total. The van der Waals surface area contributed by atoms with Gasteiger partial charge in [0, 0.05) is 37.9 Å². The molecule has 3 unspecified atom stereocenters. The van der Waals surface area contributed by atoms with Gasteiger partial charge in [-0.3, -0.25) is 4.90 Å². The van der Waals surface area contributed by atoms with Gasteiger partial charge in [-0.2, -0.15) is 0 Å². The average molecular weight is 240 g/mol. The predicted octanol–water partition coefficient (Wildman–Crippen LogP) is 2.02. The quantitative estimate of drug-likeness (QED) is 0.795. The summed E-state index contributed by atoms with van der Waals surface area (Å²) in [6, 6.07) is 3.05.